The Morgan fingerprint density at radius 1 is 1.09 bits per heavy atom. The first kappa shape index (κ1) is 15.5. The molecule has 1 saturated carbocycles. The van der Waals surface area contributed by atoms with Crippen LogP contribution in [0, 0.1) is 0 Å². The van der Waals surface area contributed by atoms with Gasteiger partial charge in [0.15, 0.2) is 11.5 Å². The summed E-state index contributed by atoms with van der Waals surface area (Å²) in [5.74, 6) is 0.512. The van der Waals surface area contributed by atoms with E-state index < -0.39 is 0 Å². The largest absolute Gasteiger partial charge is 0.348 e. The zero-order valence-electron chi connectivity index (χ0n) is 13.6. The van der Waals surface area contributed by atoms with Crippen molar-refractivity contribution < 1.29 is 4.79 Å². The van der Waals surface area contributed by atoms with Crippen LogP contribution in [0.5, 0.6) is 0 Å². The monoisotopic (exact) mass is 310 g/mol. The Morgan fingerprint density at radius 2 is 1.78 bits per heavy atom. The molecular formula is C18H22N4O. The maximum Gasteiger partial charge on any atom is 0.272 e. The summed E-state index contributed by atoms with van der Waals surface area (Å²) in [5, 5.41) is 14.5. The van der Waals surface area contributed by atoms with Gasteiger partial charge in [-0.2, -0.15) is 0 Å². The van der Waals surface area contributed by atoms with E-state index in [1.807, 2.05) is 0 Å². The number of anilines is 2. The maximum atomic E-state index is 11.9. The number of para-hydroxylation sites is 1. The van der Waals surface area contributed by atoms with E-state index in [0.717, 1.165) is 31.4 Å². The molecule has 2 aromatic rings. The lowest BCUT2D eigenvalue weighted by Crippen LogP contribution is -2.26. The predicted octanol–water partition coefficient (Wildman–Crippen LogP) is 3.24. The third-order valence-electron chi connectivity index (χ3n) is 4.06. The minimum absolute atomic E-state index is 0.144. The summed E-state index contributed by atoms with van der Waals surface area (Å²) in [7, 11) is 0. The Hall–Kier alpha value is -2.43. The molecule has 120 valence electrons. The molecule has 0 spiro atoms. The normalized spacial score (nSPS) is 13.7. The molecule has 3 rings (SSSR count). The molecule has 1 fully saturated rings. The summed E-state index contributed by atoms with van der Waals surface area (Å²) in [4.78, 5) is 11.9. The van der Waals surface area contributed by atoms with Gasteiger partial charge in [-0.05, 0) is 48.9 Å². The van der Waals surface area contributed by atoms with Gasteiger partial charge in [-0.3, -0.25) is 4.79 Å². The summed E-state index contributed by atoms with van der Waals surface area (Å²) in [6.07, 6.45) is 4.02. The van der Waals surface area contributed by atoms with E-state index in [1.54, 1.807) is 12.1 Å². The molecule has 0 saturated heterocycles. The molecule has 1 aromatic carbocycles. The molecule has 0 radical (unpaired) electrons. The third-order valence-corrected chi connectivity index (χ3v) is 4.06. The molecule has 1 aliphatic rings. The number of aromatic nitrogens is 2. The summed E-state index contributed by atoms with van der Waals surface area (Å²) in [6, 6.07) is 10.2. The highest BCUT2D eigenvalue weighted by atomic mass is 16.2. The molecule has 23 heavy (non-hydrogen) atoms. The molecule has 1 aromatic heterocycles. The van der Waals surface area contributed by atoms with Gasteiger partial charge in [0.05, 0.1) is 0 Å². The van der Waals surface area contributed by atoms with Crippen molar-refractivity contribution in [2.24, 2.45) is 0 Å². The van der Waals surface area contributed by atoms with Crippen molar-refractivity contribution in [2.45, 2.75) is 45.6 Å². The second-order valence-corrected chi connectivity index (χ2v) is 5.83. The third kappa shape index (κ3) is 3.67. The van der Waals surface area contributed by atoms with E-state index in [-0.39, 0.29) is 5.91 Å². The summed E-state index contributed by atoms with van der Waals surface area (Å²) in [6.45, 7) is 4.27. The predicted molar refractivity (Wildman–Crippen MR) is 91.0 cm³/mol. The standard InChI is InChI=1S/C18H22N4O/c1-3-12-6-5-7-13(4-2)17(12)20-16-11-10-15(21-22-16)18(23)19-14-8-9-14/h5-7,10-11,14H,3-4,8-9H2,1-2H3,(H,19,23)(H,20,22). The van der Waals surface area contributed by atoms with Crippen LogP contribution in [0.2, 0.25) is 0 Å². The van der Waals surface area contributed by atoms with Crippen molar-refractivity contribution in [2.75, 3.05) is 5.32 Å². The van der Waals surface area contributed by atoms with Crippen LogP contribution in [0.3, 0.4) is 0 Å². The van der Waals surface area contributed by atoms with Crippen molar-refractivity contribution in [3.05, 3.63) is 47.2 Å². The van der Waals surface area contributed by atoms with Crippen molar-refractivity contribution in [3.63, 3.8) is 0 Å². The number of carbonyl (C=O) groups excluding carboxylic acids is 1. The van der Waals surface area contributed by atoms with Crippen LogP contribution in [0.1, 0.15) is 48.3 Å². The first-order chi connectivity index (χ1) is 11.2. The topological polar surface area (TPSA) is 66.9 Å². The van der Waals surface area contributed by atoms with Gasteiger partial charge in [0, 0.05) is 11.7 Å². The SMILES string of the molecule is CCc1cccc(CC)c1Nc1ccc(C(=O)NC2CC2)nn1. The Morgan fingerprint density at radius 3 is 2.30 bits per heavy atom. The van der Waals surface area contributed by atoms with Crippen LogP contribution < -0.4 is 10.6 Å². The summed E-state index contributed by atoms with van der Waals surface area (Å²) >= 11 is 0. The Balaban J connectivity index is 1.76. The molecule has 0 atom stereocenters. The highest BCUT2D eigenvalue weighted by molar-refractivity contribution is 5.92. The molecule has 1 aliphatic carbocycles. The highest BCUT2D eigenvalue weighted by Gasteiger charge is 2.24. The van der Waals surface area contributed by atoms with E-state index in [2.05, 4.69) is 52.9 Å². The van der Waals surface area contributed by atoms with E-state index in [1.165, 1.54) is 11.1 Å². The van der Waals surface area contributed by atoms with Gasteiger partial charge in [-0.15, -0.1) is 10.2 Å². The average Bonchev–Trinajstić information content (AvgIpc) is 3.39. The van der Waals surface area contributed by atoms with Crippen LogP contribution in [-0.4, -0.2) is 22.1 Å². The first-order valence-corrected chi connectivity index (χ1v) is 8.23. The fourth-order valence-corrected chi connectivity index (χ4v) is 2.54. The van der Waals surface area contributed by atoms with Gasteiger partial charge >= 0.3 is 0 Å². The lowest BCUT2D eigenvalue weighted by Gasteiger charge is -2.14. The van der Waals surface area contributed by atoms with Crippen molar-refractivity contribution in [3.8, 4) is 0 Å². The second-order valence-electron chi connectivity index (χ2n) is 5.83. The maximum absolute atomic E-state index is 11.9. The summed E-state index contributed by atoms with van der Waals surface area (Å²) in [5.41, 5.74) is 3.97. The number of carbonyl (C=O) groups is 1. The number of nitrogens with one attached hydrogen (secondary N) is 2. The molecule has 0 bridgehead atoms. The van der Waals surface area contributed by atoms with Crippen molar-refractivity contribution in [1.29, 1.82) is 0 Å². The van der Waals surface area contributed by atoms with E-state index in [4.69, 9.17) is 0 Å². The van der Waals surface area contributed by atoms with Gasteiger partial charge in [-0.1, -0.05) is 32.0 Å². The van der Waals surface area contributed by atoms with Gasteiger partial charge in [0.25, 0.3) is 5.91 Å². The number of hydrogen-bond donors (Lipinski definition) is 2. The number of aryl methyl sites for hydroxylation is 2. The second kappa shape index (κ2) is 6.77. The van der Waals surface area contributed by atoms with E-state index in [0.29, 0.717) is 17.6 Å². The van der Waals surface area contributed by atoms with Gasteiger partial charge < -0.3 is 10.6 Å². The average molecular weight is 310 g/mol. The lowest BCUT2D eigenvalue weighted by molar-refractivity contribution is 0.0945. The molecule has 0 aliphatic heterocycles. The number of amides is 1. The minimum Gasteiger partial charge on any atom is -0.348 e. The van der Waals surface area contributed by atoms with E-state index in [9.17, 15) is 4.79 Å². The zero-order valence-corrected chi connectivity index (χ0v) is 13.6. The van der Waals surface area contributed by atoms with Crippen LogP contribution in [0.15, 0.2) is 30.3 Å². The molecule has 1 heterocycles. The van der Waals surface area contributed by atoms with Crippen LogP contribution in [-0.2, 0) is 12.8 Å². The number of benzene rings is 1. The molecule has 5 heteroatoms. The molecule has 5 nitrogen and oxygen atoms in total. The number of nitrogens with zero attached hydrogens (tertiary/aromatic N) is 2. The Kier molecular flexibility index (Phi) is 4.55. The smallest absolute Gasteiger partial charge is 0.272 e. The van der Waals surface area contributed by atoms with Gasteiger partial charge in [0.2, 0.25) is 0 Å². The van der Waals surface area contributed by atoms with Gasteiger partial charge in [-0.25, -0.2) is 0 Å². The molecule has 2 N–H and O–H groups in total. The van der Waals surface area contributed by atoms with Crippen LogP contribution in [0.4, 0.5) is 11.5 Å². The fourth-order valence-electron chi connectivity index (χ4n) is 2.54. The fraction of sp³-hybridized carbons (Fsp3) is 0.389. The lowest BCUT2D eigenvalue weighted by atomic mass is 10.0. The number of rotatable bonds is 6. The van der Waals surface area contributed by atoms with Crippen molar-refractivity contribution >= 4 is 17.4 Å². The summed E-state index contributed by atoms with van der Waals surface area (Å²) < 4.78 is 0. The van der Waals surface area contributed by atoms with Crippen LogP contribution in [0.25, 0.3) is 0 Å². The molecule has 0 unspecified atom stereocenters. The highest BCUT2D eigenvalue weighted by Crippen LogP contribution is 2.25. The molecule has 1 amide bonds. The van der Waals surface area contributed by atoms with Crippen LogP contribution >= 0.6 is 0 Å². The zero-order chi connectivity index (χ0) is 16.2. The van der Waals surface area contributed by atoms with E-state index >= 15 is 0 Å². The Labute approximate surface area is 136 Å². The first-order valence-electron chi connectivity index (χ1n) is 8.23. The Bertz CT molecular complexity index is 670. The quantitative estimate of drug-likeness (QED) is 0.859. The number of hydrogen-bond acceptors (Lipinski definition) is 4. The van der Waals surface area contributed by atoms with Crippen molar-refractivity contribution in [1.82, 2.24) is 15.5 Å². The van der Waals surface area contributed by atoms with Gasteiger partial charge in [0.1, 0.15) is 0 Å². The molecular weight excluding hydrogens is 288 g/mol. The minimum atomic E-state index is -0.144.